The van der Waals surface area contributed by atoms with Crippen molar-refractivity contribution in [3.63, 3.8) is 0 Å². The van der Waals surface area contributed by atoms with E-state index in [0.717, 1.165) is 18.7 Å². The van der Waals surface area contributed by atoms with Gasteiger partial charge in [0, 0.05) is 30.1 Å². The number of nitrogens with zero attached hydrogens (tertiary/aromatic N) is 1. The molecule has 1 N–H and O–H groups in total. The number of rotatable bonds is 5. The van der Waals surface area contributed by atoms with Gasteiger partial charge in [-0.15, -0.1) is 12.4 Å². The summed E-state index contributed by atoms with van der Waals surface area (Å²) in [5.74, 6) is 1.19. The average molecular weight is 380 g/mol. The summed E-state index contributed by atoms with van der Waals surface area (Å²) in [4.78, 5) is 14.2. The zero-order valence-corrected chi connectivity index (χ0v) is 16.0. The van der Waals surface area contributed by atoms with Crippen molar-refractivity contribution >= 4 is 41.5 Å². The summed E-state index contributed by atoms with van der Waals surface area (Å²) in [6, 6.07) is 5.41. The van der Waals surface area contributed by atoms with Crippen LogP contribution in [0.1, 0.15) is 31.7 Å². The van der Waals surface area contributed by atoms with Crippen molar-refractivity contribution < 1.29 is 4.79 Å². The lowest BCUT2D eigenvalue weighted by molar-refractivity contribution is -0.131. The average Bonchev–Trinajstić information content (AvgIpc) is 2.46. The van der Waals surface area contributed by atoms with E-state index in [1.54, 1.807) is 11.0 Å². The molecule has 2 unspecified atom stereocenters. The zero-order chi connectivity index (χ0) is 16.1. The quantitative estimate of drug-likeness (QED) is 0.822. The first-order valence-electron chi connectivity index (χ1n) is 7.85. The van der Waals surface area contributed by atoms with Gasteiger partial charge >= 0.3 is 0 Å². The number of carbonyl (C=O) groups is 1. The summed E-state index contributed by atoms with van der Waals surface area (Å²) in [5.41, 5.74) is 0.959. The Kier molecular flexibility index (Phi) is 8.70. The van der Waals surface area contributed by atoms with Gasteiger partial charge in [0.05, 0.1) is 0 Å². The Hall–Kier alpha value is -0.480. The van der Waals surface area contributed by atoms with E-state index in [-0.39, 0.29) is 18.3 Å². The highest BCUT2D eigenvalue weighted by molar-refractivity contribution is 6.34. The molecular weight excluding hydrogens is 355 g/mol. The molecule has 2 atom stereocenters. The molecule has 0 bridgehead atoms. The Morgan fingerprint density at radius 2 is 2.00 bits per heavy atom. The first kappa shape index (κ1) is 20.6. The molecule has 0 aliphatic carbocycles. The van der Waals surface area contributed by atoms with Crippen LogP contribution in [0.25, 0.3) is 0 Å². The molecule has 1 aliphatic heterocycles. The van der Waals surface area contributed by atoms with Crippen LogP contribution in [-0.4, -0.2) is 30.9 Å². The van der Waals surface area contributed by atoms with E-state index in [4.69, 9.17) is 23.2 Å². The highest BCUT2D eigenvalue weighted by Crippen LogP contribution is 2.24. The standard InChI is InChI=1S/C17H24Cl2N2O.ClH/c1-12(14-4-3-5-20-10-14)6-17(22)21(2)11-13-7-15(18)9-16(19)8-13;/h7-9,12,14,20H,3-6,10-11H2,1-2H3;1H. The van der Waals surface area contributed by atoms with Crippen molar-refractivity contribution in [3.05, 3.63) is 33.8 Å². The maximum atomic E-state index is 12.4. The normalized spacial score (nSPS) is 18.9. The van der Waals surface area contributed by atoms with E-state index in [2.05, 4.69) is 12.2 Å². The molecule has 1 aliphatic rings. The summed E-state index contributed by atoms with van der Waals surface area (Å²) in [5, 5.41) is 4.62. The zero-order valence-electron chi connectivity index (χ0n) is 13.6. The molecule has 0 saturated carbocycles. The molecule has 23 heavy (non-hydrogen) atoms. The molecule has 3 nitrogen and oxygen atoms in total. The van der Waals surface area contributed by atoms with Gasteiger partial charge in [-0.05, 0) is 61.5 Å². The van der Waals surface area contributed by atoms with E-state index in [1.807, 2.05) is 19.2 Å². The van der Waals surface area contributed by atoms with Crippen molar-refractivity contribution in [2.75, 3.05) is 20.1 Å². The van der Waals surface area contributed by atoms with E-state index in [0.29, 0.717) is 34.8 Å². The molecule has 0 aromatic heterocycles. The fourth-order valence-electron chi connectivity index (χ4n) is 3.03. The minimum atomic E-state index is 0. The molecule has 0 spiro atoms. The van der Waals surface area contributed by atoms with Crippen LogP contribution < -0.4 is 5.32 Å². The highest BCUT2D eigenvalue weighted by atomic mass is 35.5. The second-order valence-electron chi connectivity index (χ2n) is 6.32. The lowest BCUT2D eigenvalue weighted by Crippen LogP contribution is -2.36. The predicted octanol–water partition coefficient (Wildman–Crippen LogP) is 4.40. The second kappa shape index (κ2) is 9.73. The molecule has 1 fully saturated rings. The van der Waals surface area contributed by atoms with Crippen LogP contribution in [0, 0.1) is 11.8 Å². The third-order valence-corrected chi connectivity index (χ3v) is 4.84. The Bertz CT molecular complexity index is 498. The Morgan fingerprint density at radius 3 is 2.57 bits per heavy atom. The molecule has 1 amide bonds. The lowest BCUT2D eigenvalue weighted by Gasteiger charge is -2.29. The third-order valence-electron chi connectivity index (χ3n) is 4.40. The molecule has 2 rings (SSSR count). The molecule has 1 aromatic carbocycles. The van der Waals surface area contributed by atoms with Gasteiger partial charge in [0.2, 0.25) is 5.91 Å². The third kappa shape index (κ3) is 6.50. The molecule has 1 saturated heterocycles. The predicted molar refractivity (Wildman–Crippen MR) is 99.6 cm³/mol. The number of carbonyl (C=O) groups excluding carboxylic acids is 1. The smallest absolute Gasteiger partial charge is 0.222 e. The Labute approximate surface area is 155 Å². The largest absolute Gasteiger partial charge is 0.341 e. The first-order chi connectivity index (χ1) is 10.5. The Balaban J connectivity index is 0.00000264. The molecule has 1 aromatic rings. The van der Waals surface area contributed by atoms with Gasteiger partial charge in [-0.2, -0.15) is 0 Å². The number of benzene rings is 1. The summed E-state index contributed by atoms with van der Waals surface area (Å²) in [6.07, 6.45) is 3.02. The van der Waals surface area contributed by atoms with E-state index < -0.39 is 0 Å². The van der Waals surface area contributed by atoms with Gasteiger partial charge in [0.15, 0.2) is 0 Å². The number of nitrogens with one attached hydrogen (secondary N) is 1. The van der Waals surface area contributed by atoms with E-state index in [9.17, 15) is 4.79 Å². The van der Waals surface area contributed by atoms with Crippen LogP contribution in [0.2, 0.25) is 10.0 Å². The van der Waals surface area contributed by atoms with E-state index >= 15 is 0 Å². The van der Waals surface area contributed by atoms with Gasteiger partial charge in [-0.25, -0.2) is 0 Å². The fraction of sp³-hybridized carbons (Fsp3) is 0.588. The van der Waals surface area contributed by atoms with Crippen LogP contribution in [0.15, 0.2) is 18.2 Å². The molecule has 130 valence electrons. The minimum absolute atomic E-state index is 0. The summed E-state index contributed by atoms with van der Waals surface area (Å²) in [7, 11) is 1.84. The van der Waals surface area contributed by atoms with Crippen LogP contribution in [0.3, 0.4) is 0 Å². The van der Waals surface area contributed by atoms with Crippen LogP contribution in [-0.2, 0) is 11.3 Å². The van der Waals surface area contributed by atoms with Crippen molar-refractivity contribution in [3.8, 4) is 0 Å². The maximum Gasteiger partial charge on any atom is 0.222 e. The number of piperidine rings is 1. The van der Waals surface area contributed by atoms with Gasteiger partial charge in [0.25, 0.3) is 0 Å². The topological polar surface area (TPSA) is 32.3 Å². The van der Waals surface area contributed by atoms with Gasteiger partial charge in [-0.1, -0.05) is 30.1 Å². The fourth-order valence-corrected chi connectivity index (χ4v) is 3.60. The first-order valence-corrected chi connectivity index (χ1v) is 8.61. The van der Waals surface area contributed by atoms with Crippen molar-refractivity contribution in [2.45, 2.75) is 32.7 Å². The summed E-state index contributed by atoms with van der Waals surface area (Å²) >= 11 is 12.0. The van der Waals surface area contributed by atoms with Crippen molar-refractivity contribution in [2.24, 2.45) is 11.8 Å². The van der Waals surface area contributed by atoms with Crippen molar-refractivity contribution in [1.29, 1.82) is 0 Å². The summed E-state index contributed by atoms with van der Waals surface area (Å²) < 4.78 is 0. The highest BCUT2D eigenvalue weighted by Gasteiger charge is 2.23. The van der Waals surface area contributed by atoms with Gasteiger partial charge in [0.1, 0.15) is 0 Å². The SMILES string of the molecule is CC(CC(=O)N(C)Cc1cc(Cl)cc(Cl)c1)C1CCCNC1.Cl. The van der Waals surface area contributed by atoms with Gasteiger partial charge in [-0.3, -0.25) is 4.79 Å². The molecule has 0 radical (unpaired) electrons. The van der Waals surface area contributed by atoms with Crippen molar-refractivity contribution in [1.82, 2.24) is 10.2 Å². The monoisotopic (exact) mass is 378 g/mol. The number of hydrogen-bond donors (Lipinski definition) is 1. The van der Waals surface area contributed by atoms with Crippen LogP contribution >= 0.6 is 35.6 Å². The maximum absolute atomic E-state index is 12.4. The lowest BCUT2D eigenvalue weighted by atomic mass is 9.85. The summed E-state index contributed by atoms with van der Waals surface area (Å²) in [6.45, 7) is 4.85. The van der Waals surface area contributed by atoms with E-state index in [1.165, 1.54) is 12.8 Å². The Morgan fingerprint density at radius 1 is 1.35 bits per heavy atom. The van der Waals surface area contributed by atoms with Crippen LogP contribution in [0.4, 0.5) is 0 Å². The van der Waals surface area contributed by atoms with Crippen LogP contribution in [0.5, 0.6) is 0 Å². The molecule has 6 heteroatoms. The minimum Gasteiger partial charge on any atom is -0.341 e. The number of halogens is 3. The molecular formula is C17H25Cl3N2O. The number of amides is 1. The van der Waals surface area contributed by atoms with Gasteiger partial charge < -0.3 is 10.2 Å². The molecule has 1 heterocycles. The second-order valence-corrected chi connectivity index (χ2v) is 7.19. The number of hydrogen-bond acceptors (Lipinski definition) is 2.